The average molecular weight is 420 g/mol. The van der Waals surface area contributed by atoms with Crippen LogP contribution in [0.4, 0.5) is 0 Å². The minimum atomic E-state index is -3.32. The van der Waals surface area contributed by atoms with Crippen LogP contribution in [0.15, 0.2) is 4.99 Å². The Bertz CT molecular complexity index is 787. The van der Waals surface area contributed by atoms with Gasteiger partial charge in [-0.2, -0.15) is 0 Å². The van der Waals surface area contributed by atoms with E-state index >= 15 is 0 Å². The summed E-state index contributed by atoms with van der Waals surface area (Å²) in [4.78, 5) is 21.0. The molecule has 0 aromatic carbocycles. The Hall–Kier alpha value is -1.72. The molecule has 1 aromatic rings. The van der Waals surface area contributed by atoms with E-state index in [-0.39, 0.29) is 12.0 Å². The first-order valence-electron chi connectivity index (χ1n) is 8.49. The van der Waals surface area contributed by atoms with Gasteiger partial charge in [-0.3, -0.25) is 4.99 Å². The van der Waals surface area contributed by atoms with Crippen LogP contribution in [0, 0.1) is 6.92 Å². The molecule has 154 valence electrons. The lowest BCUT2D eigenvalue weighted by Crippen LogP contribution is -2.53. The maximum atomic E-state index is 11.9. The minimum absolute atomic E-state index is 0.200. The molecule has 1 unspecified atom stereocenters. The van der Waals surface area contributed by atoms with Gasteiger partial charge in [0.15, 0.2) is 5.96 Å². The van der Waals surface area contributed by atoms with Crippen molar-refractivity contribution in [1.29, 1.82) is 0 Å². The number of guanidine groups is 1. The fourth-order valence-electron chi connectivity index (χ4n) is 2.29. The number of sulfonamides is 1. The van der Waals surface area contributed by atoms with Crippen molar-refractivity contribution in [2.24, 2.45) is 4.99 Å². The number of aliphatic imine (C=N–C) groups is 1. The van der Waals surface area contributed by atoms with Gasteiger partial charge in [-0.05, 0) is 34.6 Å². The molecule has 0 spiro atoms. The molecule has 1 rings (SSSR count). The van der Waals surface area contributed by atoms with Crippen LogP contribution in [0.1, 0.15) is 54.1 Å². The van der Waals surface area contributed by atoms with Gasteiger partial charge in [0, 0.05) is 19.1 Å². The van der Waals surface area contributed by atoms with Crippen molar-refractivity contribution in [1.82, 2.24) is 20.3 Å². The van der Waals surface area contributed by atoms with Crippen LogP contribution >= 0.6 is 11.3 Å². The Balaban J connectivity index is 2.75. The average Bonchev–Trinajstić information content (AvgIpc) is 2.91. The second kappa shape index (κ2) is 9.47. The van der Waals surface area contributed by atoms with Gasteiger partial charge in [0.2, 0.25) is 10.0 Å². The van der Waals surface area contributed by atoms with Gasteiger partial charge in [0.1, 0.15) is 9.88 Å². The molecule has 1 aromatic heterocycles. The van der Waals surface area contributed by atoms with E-state index < -0.39 is 15.6 Å². The predicted molar refractivity (Wildman–Crippen MR) is 108 cm³/mol. The van der Waals surface area contributed by atoms with E-state index in [1.807, 2.05) is 6.92 Å². The third-order valence-corrected chi connectivity index (χ3v) is 5.62. The molecule has 0 radical (unpaired) electrons. The topological polar surface area (TPSA) is 122 Å². The molecule has 27 heavy (non-hydrogen) atoms. The molecule has 0 fully saturated rings. The molecule has 3 N–H and O–H groups in total. The number of carbonyl (C=O) groups excluding carboxylic acids is 1. The summed E-state index contributed by atoms with van der Waals surface area (Å²) in [5, 5.41) is 7.01. The minimum Gasteiger partial charge on any atom is -0.462 e. The summed E-state index contributed by atoms with van der Waals surface area (Å²) in [5.41, 5.74) is -0.0629. The molecule has 0 aliphatic rings. The smallest absolute Gasteiger partial charge is 0.350 e. The van der Waals surface area contributed by atoms with Crippen molar-refractivity contribution in [2.45, 2.75) is 46.2 Å². The molecule has 9 nitrogen and oxygen atoms in total. The number of hydrogen-bond acceptors (Lipinski definition) is 7. The predicted octanol–water partition coefficient (Wildman–Crippen LogP) is 1.18. The fraction of sp³-hybridized carbons (Fsp3) is 0.688. The monoisotopic (exact) mass is 419 g/mol. The van der Waals surface area contributed by atoms with Crippen molar-refractivity contribution in [3.63, 3.8) is 0 Å². The highest BCUT2D eigenvalue weighted by Crippen LogP contribution is 2.24. The fourth-order valence-corrected chi connectivity index (χ4v) is 4.33. The lowest BCUT2D eigenvalue weighted by molar-refractivity contribution is 0.0531. The zero-order chi connectivity index (χ0) is 20.8. The third kappa shape index (κ3) is 7.81. The number of hydrogen-bond donors (Lipinski definition) is 3. The first-order chi connectivity index (χ1) is 12.4. The molecule has 1 atom stereocenters. The maximum absolute atomic E-state index is 11.9. The van der Waals surface area contributed by atoms with Crippen LogP contribution in [0.25, 0.3) is 0 Å². The number of ether oxygens (including phenoxy) is 1. The molecule has 0 saturated carbocycles. The summed E-state index contributed by atoms with van der Waals surface area (Å²) < 4.78 is 30.5. The Morgan fingerprint density at radius 3 is 2.56 bits per heavy atom. The molecule has 0 aliphatic heterocycles. The quantitative estimate of drug-likeness (QED) is 0.329. The highest BCUT2D eigenvalue weighted by atomic mass is 32.2. The van der Waals surface area contributed by atoms with E-state index in [0.29, 0.717) is 29.7 Å². The van der Waals surface area contributed by atoms with Crippen molar-refractivity contribution in [3.8, 4) is 0 Å². The standard InChI is InChI=1S/C16H29N5O4S2/c1-8-25-14(22)12-10(2)19-13(26-12)11(3)20-15(17-6)18-9-16(4,5)21-27(7,23)24/h11,21H,8-9H2,1-7H3,(H2,17,18,20). The lowest BCUT2D eigenvalue weighted by Gasteiger charge is -2.27. The van der Waals surface area contributed by atoms with E-state index in [1.54, 1.807) is 34.7 Å². The number of nitrogens with zero attached hydrogens (tertiary/aromatic N) is 2. The third-order valence-electron chi connectivity index (χ3n) is 3.38. The number of nitrogens with one attached hydrogen (secondary N) is 3. The van der Waals surface area contributed by atoms with Gasteiger partial charge in [-0.1, -0.05) is 0 Å². The van der Waals surface area contributed by atoms with Gasteiger partial charge in [-0.25, -0.2) is 22.9 Å². The molecular weight excluding hydrogens is 390 g/mol. The van der Waals surface area contributed by atoms with Gasteiger partial charge < -0.3 is 15.4 Å². The van der Waals surface area contributed by atoms with Crippen molar-refractivity contribution in [2.75, 3.05) is 26.5 Å². The van der Waals surface area contributed by atoms with Gasteiger partial charge in [0.05, 0.1) is 24.6 Å². The second-order valence-electron chi connectivity index (χ2n) is 6.74. The van der Waals surface area contributed by atoms with E-state index in [1.165, 1.54) is 11.3 Å². The molecule has 1 heterocycles. The normalized spacial score (nSPS) is 14.0. The molecule has 0 bridgehead atoms. The number of esters is 1. The van der Waals surface area contributed by atoms with Crippen LogP contribution in [0.5, 0.6) is 0 Å². The largest absolute Gasteiger partial charge is 0.462 e. The first kappa shape index (κ1) is 23.3. The number of thiazole rings is 1. The zero-order valence-corrected chi connectivity index (χ0v) is 18.5. The van der Waals surface area contributed by atoms with Crippen LogP contribution in [-0.2, 0) is 14.8 Å². The Morgan fingerprint density at radius 2 is 2.04 bits per heavy atom. The Kier molecular flexibility index (Phi) is 8.18. The number of aryl methyl sites for hydroxylation is 1. The number of rotatable bonds is 8. The van der Waals surface area contributed by atoms with Crippen molar-refractivity contribution >= 4 is 33.3 Å². The molecule has 11 heteroatoms. The van der Waals surface area contributed by atoms with Crippen LogP contribution in [0.3, 0.4) is 0 Å². The second-order valence-corrected chi connectivity index (χ2v) is 9.52. The number of carbonyl (C=O) groups is 1. The summed E-state index contributed by atoms with van der Waals surface area (Å²) in [6.45, 7) is 9.62. The highest BCUT2D eigenvalue weighted by molar-refractivity contribution is 7.88. The summed E-state index contributed by atoms with van der Waals surface area (Å²) in [7, 11) is -1.70. The first-order valence-corrected chi connectivity index (χ1v) is 11.2. The van der Waals surface area contributed by atoms with Gasteiger partial charge >= 0.3 is 5.97 Å². The summed E-state index contributed by atoms with van der Waals surface area (Å²) in [6.07, 6.45) is 1.12. The van der Waals surface area contributed by atoms with E-state index in [2.05, 4.69) is 25.3 Å². The maximum Gasteiger partial charge on any atom is 0.350 e. The van der Waals surface area contributed by atoms with Crippen molar-refractivity contribution in [3.05, 3.63) is 15.6 Å². The highest BCUT2D eigenvalue weighted by Gasteiger charge is 2.23. The summed E-state index contributed by atoms with van der Waals surface area (Å²) >= 11 is 1.28. The molecule has 0 amide bonds. The van der Waals surface area contributed by atoms with E-state index in [9.17, 15) is 13.2 Å². The Labute approximate surface area is 165 Å². The summed E-state index contributed by atoms with van der Waals surface area (Å²) in [5.74, 6) is 0.124. The SMILES string of the molecule is CCOC(=O)c1sc(C(C)NC(=NC)NCC(C)(C)NS(C)(=O)=O)nc1C. The van der Waals surface area contributed by atoms with Crippen molar-refractivity contribution < 1.29 is 17.9 Å². The lowest BCUT2D eigenvalue weighted by atomic mass is 10.1. The van der Waals surface area contributed by atoms with E-state index in [4.69, 9.17) is 4.74 Å². The molecule has 0 saturated heterocycles. The van der Waals surface area contributed by atoms with Gasteiger partial charge in [0.25, 0.3) is 0 Å². The van der Waals surface area contributed by atoms with Crippen LogP contribution in [-0.4, -0.2) is 57.3 Å². The molecule has 0 aliphatic carbocycles. The van der Waals surface area contributed by atoms with Crippen LogP contribution in [0.2, 0.25) is 0 Å². The number of aromatic nitrogens is 1. The zero-order valence-electron chi connectivity index (χ0n) is 16.8. The van der Waals surface area contributed by atoms with E-state index in [0.717, 1.165) is 11.3 Å². The molecular formula is C16H29N5O4S2. The summed E-state index contributed by atoms with van der Waals surface area (Å²) in [6, 6.07) is -0.200. The van der Waals surface area contributed by atoms with Gasteiger partial charge in [-0.15, -0.1) is 11.3 Å². The Morgan fingerprint density at radius 1 is 1.41 bits per heavy atom. The van der Waals surface area contributed by atoms with Crippen LogP contribution < -0.4 is 15.4 Å².